The molecule has 0 spiro atoms. The lowest BCUT2D eigenvalue weighted by molar-refractivity contribution is -0.186. The van der Waals surface area contributed by atoms with Gasteiger partial charge < -0.3 is 19.9 Å². The number of ether oxygens (including phenoxy) is 2. The van der Waals surface area contributed by atoms with Crippen molar-refractivity contribution < 1.29 is 24.2 Å². The van der Waals surface area contributed by atoms with Crippen molar-refractivity contribution in [2.75, 3.05) is 7.11 Å². The normalized spacial score (nSPS) is 18.2. The fourth-order valence-electron chi connectivity index (χ4n) is 4.89. The molecule has 0 aliphatic carbocycles. The number of thiophene rings is 1. The van der Waals surface area contributed by atoms with Crippen molar-refractivity contribution in [3.63, 3.8) is 0 Å². The highest BCUT2D eigenvalue weighted by Crippen LogP contribution is 2.37. The van der Waals surface area contributed by atoms with Crippen LogP contribution in [-0.2, 0) is 22.6 Å². The van der Waals surface area contributed by atoms with Gasteiger partial charge in [0, 0.05) is 10.8 Å². The summed E-state index contributed by atoms with van der Waals surface area (Å²) in [6.07, 6.45) is -0.794. The lowest BCUT2D eigenvalue weighted by Gasteiger charge is -2.50. The summed E-state index contributed by atoms with van der Waals surface area (Å²) >= 11 is 7.49. The number of hydrogen-bond donors (Lipinski definition) is 2. The number of halogens is 1. The number of carbonyl (C=O) groups is 2. The molecule has 1 aliphatic heterocycles. The largest absolute Gasteiger partial charge is 0.497 e. The number of rotatable bonds is 9. The van der Waals surface area contributed by atoms with Gasteiger partial charge in [-0.15, -0.1) is 11.3 Å². The van der Waals surface area contributed by atoms with Gasteiger partial charge in [-0.2, -0.15) is 0 Å². The Morgan fingerprint density at radius 3 is 2.12 bits per heavy atom. The number of nitrogens with zero attached hydrogens (tertiary/aromatic N) is 1. The average Bonchev–Trinajstić information content (AvgIpc) is 3.41. The molecule has 40 heavy (non-hydrogen) atoms. The zero-order valence-corrected chi connectivity index (χ0v) is 23.3. The SMILES string of the molecule is COc1ccc(COC(=O)[C@@H]2[C@@H](Cc3ccc(Cl)s3)C(O)N2C(=O)NC(c2ccccc2)c2ccccc2)cc1. The molecule has 1 saturated heterocycles. The van der Waals surface area contributed by atoms with Gasteiger partial charge >= 0.3 is 12.0 Å². The minimum atomic E-state index is -1.17. The Balaban J connectivity index is 1.36. The number of methoxy groups -OCH3 is 1. The molecule has 0 bridgehead atoms. The van der Waals surface area contributed by atoms with Crippen LogP contribution >= 0.6 is 22.9 Å². The number of carbonyl (C=O) groups excluding carboxylic acids is 2. The van der Waals surface area contributed by atoms with Crippen LogP contribution in [-0.4, -0.2) is 41.4 Å². The van der Waals surface area contributed by atoms with E-state index in [0.29, 0.717) is 16.5 Å². The van der Waals surface area contributed by atoms with E-state index in [2.05, 4.69) is 5.32 Å². The molecular formula is C31H29ClN2O5S. The summed E-state index contributed by atoms with van der Waals surface area (Å²) in [5.74, 6) is -0.434. The number of amides is 2. The van der Waals surface area contributed by atoms with E-state index in [0.717, 1.165) is 21.6 Å². The maximum absolute atomic E-state index is 13.7. The van der Waals surface area contributed by atoms with Gasteiger partial charge in [0.05, 0.1) is 17.5 Å². The quantitative estimate of drug-likeness (QED) is 0.245. The van der Waals surface area contributed by atoms with Gasteiger partial charge in [0.1, 0.15) is 24.6 Å². The molecule has 1 aliphatic rings. The number of urea groups is 1. The number of aliphatic hydroxyl groups excluding tert-OH is 1. The zero-order valence-electron chi connectivity index (χ0n) is 21.8. The van der Waals surface area contributed by atoms with Gasteiger partial charge in [-0.05, 0) is 47.4 Å². The second-order valence-electron chi connectivity index (χ2n) is 9.50. The summed E-state index contributed by atoms with van der Waals surface area (Å²) in [6.45, 7) is 0.0269. The van der Waals surface area contributed by atoms with Crippen LogP contribution in [0.15, 0.2) is 97.1 Å². The first-order valence-electron chi connectivity index (χ1n) is 12.8. The molecule has 1 aromatic heterocycles. The van der Waals surface area contributed by atoms with Crippen molar-refractivity contribution in [1.82, 2.24) is 10.2 Å². The standard InChI is InChI=1S/C31H29ClN2O5S/c1-38-23-14-12-20(13-15-23)19-39-30(36)28-25(18-24-16-17-26(32)40-24)29(35)34(28)31(37)33-27(21-8-4-2-5-9-21)22-10-6-3-7-11-22/h2-17,25,27-29,35H,18-19H2,1H3,(H,33,37)/t25-,28+,29?/m1/s1. The van der Waals surface area contributed by atoms with E-state index in [1.807, 2.05) is 78.9 Å². The smallest absolute Gasteiger partial charge is 0.329 e. The van der Waals surface area contributed by atoms with Gasteiger partial charge in [-0.25, -0.2) is 9.59 Å². The van der Waals surface area contributed by atoms with Crippen LogP contribution in [0.25, 0.3) is 0 Å². The van der Waals surface area contributed by atoms with E-state index in [1.54, 1.807) is 25.3 Å². The van der Waals surface area contributed by atoms with Gasteiger partial charge in [0.15, 0.2) is 0 Å². The fraction of sp³-hybridized carbons (Fsp3) is 0.226. The minimum absolute atomic E-state index is 0.0269. The summed E-state index contributed by atoms with van der Waals surface area (Å²) in [7, 11) is 1.58. The fourth-order valence-corrected chi connectivity index (χ4v) is 6.05. The van der Waals surface area contributed by atoms with Gasteiger partial charge in [0.2, 0.25) is 0 Å². The molecule has 2 N–H and O–H groups in total. The second-order valence-corrected chi connectivity index (χ2v) is 11.3. The number of aliphatic hydroxyl groups is 1. The van der Waals surface area contributed by atoms with Crippen LogP contribution in [0.2, 0.25) is 4.34 Å². The summed E-state index contributed by atoms with van der Waals surface area (Å²) in [6, 6.07) is 27.9. The molecule has 2 amide bonds. The molecule has 2 heterocycles. The van der Waals surface area contributed by atoms with Gasteiger partial charge in [-0.3, -0.25) is 4.90 Å². The molecule has 0 radical (unpaired) electrons. The number of benzene rings is 3. The third-order valence-electron chi connectivity index (χ3n) is 6.99. The molecular weight excluding hydrogens is 548 g/mol. The summed E-state index contributed by atoms with van der Waals surface area (Å²) < 4.78 is 11.4. The highest BCUT2D eigenvalue weighted by Gasteiger charge is 2.55. The Hall–Kier alpha value is -3.85. The zero-order chi connectivity index (χ0) is 28.1. The van der Waals surface area contributed by atoms with E-state index >= 15 is 0 Å². The van der Waals surface area contributed by atoms with Gasteiger partial charge in [-0.1, -0.05) is 84.4 Å². The van der Waals surface area contributed by atoms with Crippen molar-refractivity contribution in [2.45, 2.75) is 31.3 Å². The van der Waals surface area contributed by atoms with Crippen molar-refractivity contribution >= 4 is 34.9 Å². The first kappa shape index (κ1) is 27.7. The molecule has 1 fully saturated rings. The maximum atomic E-state index is 13.7. The Morgan fingerprint density at radius 1 is 0.950 bits per heavy atom. The van der Waals surface area contributed by atoms with Crippen LogP contribution in [0.4, 0.5) is 4.79 Å². The summed E-state index contributed by atoms with van der Waals surface area (Å²) in [4.78, 5) is 29.2. The Kier molecular flexibility index (Phi) is 8.69. The lowest BCUT2D eigenvalue weighted by atomic mass is 9.83. The molecule has 5 rings (SSSR count). The molecule has 9 heteroatoms. The molecule has 0 saturated carbocycles. The number of likely N-dealkylation sites (tertiary alicyclic amines) is 1. The average molecular weight is 577 g/mol. The number of hydrogen-bond acceptors (Lipinski definition) is 6. The molecule has 7 nitrogen and oxygen atoms in total. The van der Waals surface area contributed by atoms with Crippen LogP contribution in [0.3, 0.4) is 0 Å². The first-order chi connectivity index (χ1) is 19.4. The van der Waals surface area contributed by atoms with E-state index < -0.39 is 36.2 Å². The molecule has 3 atom stereocenters. The molecule has 206 valence electrons. The van der Waals surface area contributed by atoms with Crippen molar-refractivity contribution in [2.24, 2.45) is 5.92 Å². The third kappa shape index (κ3) is 6.14. The van der Waals surface area contributed by atoms with Crippen molar-refractivity contribution in [3.8, 4) is 5.75 Å². The van der Waals surface area contributed by atoms with E-state index in [1.165, 1.54) is 16.2 Å². The minimum Gasteiger partial charge on any atom is -0.497 e. The number of esters is 1. The lowest BCUT2D eigenvalue weighted by Crippen LogP contribution is -2.71. The van der Waals surface area contributed by atoms with Crippen molar-refractivity contribution in [3.05, 3.63) is 123 Å². The first-order valence-corrected chi connectivity index (χ1v) is 14.0. The summed E-state index contributed by atoms with van der Waals surface area (Å²) in [5.41, 5.74) is 2.53. The molecule has 3 aromatic carbocycles. The third-order valence-corrected chi connectivity index (χ3v) is 8.24. The van der Waals surface area contributed by atoms with E-state index in [-0.39, 0.29) is 6.61 Å². The van der Waals surface area contributed by atoms with Crippen LogP contribution < -0.4 is 10.1 Å². The second kappa shape index (κ2) is 12.6. The van der Waals surface area contributed by atoms with Crippen LogP contribution in [0, 0.1) is 5.92 Å². The monoisotopic (exact) mass is 576 g/mol. The van der Waals surface area contributed by atoms with E-state index in [4.69, 9.17) is 21.1 Å². The molecule has 4 aromatic rings. The maximum Gasteiger partial charge on any atom is 0.329 e. The van der Waals surface area contributed by atoms with Crippen LogP contribution in [0.1, 0.15) is 27.6 Å². The highest BCUT2D eigenvalue weighted by atomic mass is 35.5. The summed E-state index contributed by atoms with van der Waals surface area (Å²) in [5, 5.41) is 14.2. The van der Waals surface area contributed by atoms with Crippen LogP contribution in [0.5, 0.6) is 5.75 Å². The van der Waals surface area contributed by atoms with Crippen molar-refractivity contribution in [1.29, 1.82) is 0 Å². The Labute approximate surface area is 241 Å². The Bertz CT molecular complexity index is 1390. The number of nitrogens with one attached hydrogen (secondary N) is 1. The van der Waals surface area contributed by atoms with E-state index in [9.17, 15) is 14.7 Å². The highest BCUT2D eigenvalue weighted by molar-refractivity contribution is 7.16. The Morgan fingerprint density at radius 2 is 1.57 bits per heavy atom. The topological polar surface area (TPSA) is 88.1 Å². The molecule has 1 unspecified atom stereocenters. The predicted molar refractivity (Wildman–Crippen MR) is 154 cm³/mol. The van der Waals surface area contributed by atoms with Gasteiger partial charge in [0.25, 0.3) is 0 Å². The predicted octanol–water partition coefficient (Wildman–Crippen LogP) is 5.81.